The molecule has 3 unspecified atom stereocenters. The van der Waals surface area contributed by atoms with Crippen molar-refractivity contribution >= 4 is 12.2 Å². The summed E-state index contributed by atoms with van der Waals surface area (Å²) in [5.41, 5.74) is 11.9. The van der Waals surface area contributed by atoms with Gasteiger partial charge in [0.15, 0.2) is 6.21 Å². The number of hydrogen-bond donors (Lipinski definition) is 3. The van der Waals surface area contributed by atoms with Gasteiger partial charge in [-0.2, -0.15) is 0 Å². The van der Waals surface area contributed by atoms with E-state index in [1.807, 2.05) is 6.21 Å². The van der Waals surface area contributed by atoms with Crippen molar-refractivity contribution in [2.24, 2.45) is 34.3 Å². The lowest BCUT2D eigenvalue weighted by molar-refractivity contribution is -0.460. The number of rotatable bonds is 2. The van der Waals surface area contributed by atoms with E-state index in [4.69, 9.17) is 11.5 Å². The zero-order valence-corrected chi connectivity index (χ0v) is 9.70. The zero-order valence-electron chi connectivity index (χ0n) is 9.70. The fourth-order valence-corrected chi connectivity index (χ4v) is 2.30. The zero-order chi connectivity index (χ0) is 11.4. The van der Waals surface area contributed by atoms with Crippen LogP contribution in [0.3, 0.4) is 0 Å². The molecule has 0 bridgehead atoms. The summed E-state index contributed by atoms with van der Waals surface area (Å²) >= 11 is 0. The average molecular weight is 209 g/mol. The minimum Gasteiger partial charge on any atom is -0.365 e. The molecule has 0 spiro atoms. The van der Waals surface area contributed by atoms with Gasteiger partial charge < -0.3 is 11.5 Å². The second kappa shape index (κ2) is 4.96. The van der Waals surface area contributed by atoms with Crippen molar-refractivity contribution in [3.63, 3.8) is 0 Å². The van der Waals surface area contributed by atoms with Crippen LogP contribution in [0.5, 0.6) is 0 Å². The number of hydrogen-bond acceptors (Lipinski definition) is 1. The van der Waals surface area contributed by atoms with Crippen LogP contribution in [0, 0.1) is 17.8 Å². The molecule has 0 radical (unpaired) electrons. The molecular weight excluding hydrogens is 188 g/mol. The maximum Gasteiger partial charge on any atom is 0.256 e. The Morgan fingerprint density at radius 2 is 2.20 bits per heavy atom. The summed E-state index contributed by atoms with van der Waals surface area (Å²) in [7, 11) is 0. The Labute approximate surface area is 91.1 Å². The van der Waals surface area contributed by atoms with E-state index in [2.05, 4.69) is 37.1 Å². The highest BCUT2D eigenvalue weighted by Crippen LogP contribution is 2.31. The molecule has 1 aliphatic rings. The maximum atomic E-state index is 5.23. The van der Waals surface area contributed by atoms with Crippen LogP contribution < -0.4 is 16.6 Å². The van der Waals surface area contributed by atoms with E-state index in [9.17, 15) is 0 Å². The predicted molar refractivity (Wildman–Crippen MR) is 63.0 cm³/mol. The molecule has 0 heterocycles. The van der Waals surface area contributed by atoms with Gasteiger partial charge in [0.05, 0.1) is 0 Å². The summed E-state index contributed by atoms with van der Waals surface area (Å²) in [6.07, 6.45) is 5.45. The van der Waals surface area contributed by atoms with Gasteiger partial charge >= 0.3 is 0 Å². The highest BCUT2D eigenvalue weighted by atomic mass is 15.3. The highest BCUT2D eigenvalue weighted by Gasteiger charge is 2.27. The first-order valence-electron chi connectivity index (χ1n) is 5.35. The van der Waals surface area contributed by atoms with Crippen molar-refractivity contribution in [2.75, 3.05) is 0 Å². The van der Waals surface area contributed by atoms with Gasteiger partial charge in [0.25, 0.3) is 5.96 Å². The van der Waals surface area contributed by atoms with Crippen LogP contribution in [-0.4, -0.2) is 12.2 Å². The fraction of sp³-hybridized carbons (Fsp3) is 0.636. The molecule has 0 aromatic heterocycles. The van der Waals surface area contributed by atoms with Gasteiger partial charge in [-0.3, -0.25) is 0 Å². The molecule has 15 heavy (non-hydrogen) atoms. The third-order valence-electron chi connectivity index (χ3n) is 2.92. The molecule has 3 atom stereocenters. The molecule has 4 heteroatoms. The largest absolute Gasteiger partial charge is 0.365 e. The normalized spacial score (nSPS) is 31.4. The number of nitrogens with two attached hydrogens (primary N) is 2. The molecule has 5 N–H and O–H groups in total. The van der Waals surface area contributed by atoms with E-state index in [0.717, 1.165) is 6.42 Å². The van der Waals surface area contributed by atoms with E-state index in [0.29, 0.717) is 17.8 Å². The SMILES string of the molecule is CC1=CC(C)C(/C=[NH+]/N=C(N)N)C(C)C1. The molecule has 0 aromatic carbocycles. The Balaban J connectivity index is 2.70. The van der Waals surface area contributed by atoms with Gasteiger partial charge in [-0.1, -0.05) is 25.5 Å². The van der Waals surface area contributed by atoms with Gasteiger partial charge in [0, 0.05) is 11.0 Å². The molecule has 84 valence electrons. The van der Waals surface area contributed by atoms with Crippen LogP contribution in [0.1, 0.15) is 27.2 Å². The quantitative estimate of drug-likeness (QED) is 0.250. The Bertz CT molecular complexity index is 300. The van der Waals surface area contributed by atoms with E-state index >= 15 is 0 Å². The van der Waals surface area contributed by atoms with Crippen LogP contribution >= 0.6 is 0 Å². The van der Waals surface area contributed by atoms with Crippen molar-refractivity contribution in [2.45, 2.75) is 27.2 Å². The third kappa shape index (κ3) is 3.38. The first-order chi connectivity index (χ1) is 7.00. The van der Waals surface area contributed by atoms with Gasteiger partial charge in [-0.25, -0.2) is 0 Å². The van der Waals surface area contributed by atoms with Crippen LogP contribution in [0.15, 0.2) is 16.8 Å². The Hall–Kier alpha value is -1.32. The van der Waals surface area contributed by atoms with E-state index in [1.165, 1.54) is 5.57 Å². The minimum atomic E-state index is 0.0640. The summed E-state index contributed by atoms with van der Waals surface area (Å²) in [5.74, 6) is 1.72. The number of nitrogens with zero attached hydrogens (tertiary/aromatic N) is 1. The Morgan fingerprint density at radius 1 is 1.53 bits per heavy atom. The summed E-state index contributed by atoms with van der Waals surface area (Å²) < 4.78 is 0. The summed E-state index contributed by atoms with van der Waals surface area (Å²) in [6.45, 7) is 6.66. The Kier molecular flexibility index (Phi) is 3.88. The fourth-order valence-electron chi connectivity index (χ4n) is 2.30. The third-order valence-corrected chi connectivity index (χ3v) is 2.92. The molecule has 1 rings (SSSR count). The van der Waals surface area contributed by atoms with Crippen molar-refractivity contribution in [3.05, 3.63) is 11.6 Å². The molecule has 0 aliphatic heterocycles. The molecule has 0 amide bonds. The molecule has 4 nitrogen and oxygen atoms in total. The van der Waals surface area contributed by atoms with Gasteiger partial charge in [0.2, 0.25) is 0 Å². The van der Waals surface area contributed by atoms with Crippen LogP contribution in [-0.2, 0) is 0 Å². The van der Waals surface area contributed by atoms with Gasteiger partial charge in [-0.05, 0) is 25.2 Å². The predicted octanol–water partition coefficient (Wildman–Crippen LogP) is -0.435. The van der Waals surface area contributed by atoms with E-state index in [-0.39, 0.29) is 5.96 Å². The van der Waals surface area contributed by atoms with Gasteiger partial charge in [0.1, 0.15) is 0 Å². The molecule has 0 saturated heterocycles. The molecule has 0 saturated carbocycles. The number of guanidine groups is 1. The van der Waals surface area contributed by atoms with Crippen LogP contribution in [0.4, 0.5) is 0 Å². The first-order valence-corrected chi connectivity index (χ1v) is 5.35. The summed E-state index contributed by atoms with van der Waals surface area (Å²) in [5, 5.41) is 6.57. The summed E-state index contributed by atoms with van der Waals surface area (Å²) in [4.78, 5) is 0. The lowest BCUT2D eigenvalue weighted by Gasteiger charge is -2.27. The molecule has 0 fully saturated rings. The lowest BCUT2D eigenvalue weighted by Crippen LogP contribution is -2.65. The minimum absolute atomic E-state index is 0.0640. The Morgan fingerprint density at radius 3 is 2.73 bits per heavy atom. The second-order valence-electron chi connectivity index (χ2n) is 4.46. The molecular formula is C11H21N4+. The number of allylic oxidation sites excluding steroid dienone is 2. The van der Waals surface area contributed by atoms with Crippen molar-refractivity contribution in [1.82, 2.24) is 0 Å². The first kappa shape index (κ1) is 11.8. The maximum absolute atomic E-state index is 5.23. The van der Waals surface area contributed by atoms with Crippen LogP contribution in [0.2, 0.25) is 0 Å². The monoisotopic (exact) mass is 209 g/mol. The molecule has 1 aliphatic carbocycles. The van der Waals surface area contributed by atoms with E-state index in [1.54, 1.807) is 0 Å². The number of hydrazone groups is 1. The second-order valence-corrected chi connectivity index (χ2v) is 4.46. The van der Waals surface area contributed by atoms with Crippen LogP contribution in [0.25, 0.3) is 0 Å². The number of nitrogens with one attached hydrogen (secondary N) is 1. The van der Waals surface area contributed by atoms with Gasteiger partial charge in [-0.15, -0.1) is 5.10 Å². The van der Waals surface area contributed by atoms with Crippen molar-refractivity contribution < 1.29 is 5.10 Å². The van der Waals surface area contributed by atoms with Crippen molar-refractivity contribution in [1.29, 1.82) is 0 Å². The molecule has 0 aromatic rings. The lowest BCUT2D eigenvalue weighted by atomic mass is 9.76. The topological polar surface area (TPSA) is 78.4 Å². The van der Waals surface area contributed by atoms with E-state index < -0.39 is 0 Å². The standard InChI is InChI=1S/C11H20N4/c1-7-4-8(2)10(9(3)5-7)6-14-15-11(12)13/h4,6,8-10H,5H2,1-3H3,(H4,12,13,15)/p+1/b14-6+. The smallest absolute Gasteiger partial charge is 0.256 e. The average Bonchev–Trinajstić information content (AvgIpc) is 2.08. The van der Waals surface area contributed by atoms with Crippen molar-refractivity contribution in [3.8, 4) is 0 Å². The summed E-state index contributed by atoms with van der Waals surface area (Å²) in [6, 6.07) is 0. The highest BCUT2D eigenvalue weighted by molar-refractivity contribution is 5.75.